The van der Waals surface area contributed by atoms with Crippen LogP contribution in [0.15, 0.2) is 34.2 Å². The molecular weight excluding hydrogens is 499 g/mol. The van der Waals surface area contributed by atoms with Gasteiger partial charge in [0.25, 0.3) is 0 Å². The largest absolute Gasteiger partial charge is 0.352 e. The Morgan fingerprint density at radius 1 is 1.07 bits per heavy atom. The van der Waals surface area contributed by atoms with Crippen LogP contribution in [0.25, 0.3) is 0 Å². The molecule has 0 bridgehead atoms. The zero-order valence-corrected chi connectivity index (χ0v) is 20.4. The molecule has 3 aliphatic rings. The van der Waals surface area contributed by atoms with Gasteiger partial charge in [-0.15, -0.1) is 24.0 Å². The van der Waals surface area contributed by atoms with Crippen LogP contribution < -0.4 is 5.32 Å². The van der Waals surface area contributed by atoms with Crippen molar-refractivity contribution in [2.75, 3.05) is 33.2 Å². The fourth-order valence-electron chi connectivity index (χ4n) is 4.85. The topological polar surface area (TPSA) is 65.0 Å². The van der Waals surface area contributed by atoms with Gasteiger partial charge in [0.2, 0.25) is 10.0 Å². The van der Waals surface area contributed by atoms with E-state index in [1.165, 1.54) is 25.7 Å². The maximum absolute atomic E-state index is 13.2. The number of hydrogen-bond donors (Lipinski definition) is 1. The monoisotopic (exact) mass is 532 g/mol. The van der Waals surface area contributed by atoms with E-state index in [9.17, 15) is 8.42 Å². The molecule has 1 spiro atoms. The fourth-order valence-corrected chi connectivity index (χ4v) is 6.59. The Bertz CT molecular complexity index is 833. The molecular formula is C21H33IN4O2S. The van der Waals surface area contributed by atoms with E-state index in [2.05, 4.69) is 15.2 Å². The Labute approximate surface area is 192 Å². The van der Waals surface area contributed by atoms with Crippen molar-refractivity contribution >= 4 is 40.0 Å². The molecule has 29 heavy (non-hydrogen) atoms. The lowest BCUT2D eigenvalue weighted by Crippen LogP contribution is -2.42. The smallest absolute Gasteiger partial charge is 0.243 e. The number of halogens is 1. The highest BCUT2D eigenvalue weighted by Gasteiger charge is 2.43. The molecule has 3 fully saturated rings. The zero-order chi connectivity index (χ0) is 19.6. The third-order valence-corrected chi connectivity index (χ3v) is 8.71. The molecule has 2 saturated heterocycles. The summed E-state index contributed by atoms with van der Waals surface area (Å²) in [6.45, 7) is 3.83. The standard InChI is InChI=1S/C21H32N4O2S.HI/c1-22-20(24-15-12-21(17-24)10-7-11-21)23-16-18-8-3-4-9-19(18)28(26,27)25-13-5-2-6-14-25;/h3-4,8-9H,2,5-7,10-17H2,1H3,(H,22,23);1H. The van der Waals surface area contributed by atoms with Gasteiger partial charge in [0, 0.05) is 39.8 Å². The molecule has 162 valence electrons. The number of guanidine groups is 1. The van der Waals surface area contributed by atoms with Crippen LogP contribution in [0.3, 0.4) is 0 Å². The van der Waals surface area contributed by atoms with Gasteiger partial charge in [-0.2, -0.15) is 4.31 Å². The molecule has 0 amide bonds. The number of sulfonamides is 1. The van der Waals surface area contributed by atoms with Crippen molar-refractivity contribution in [1.82, 2.24) is 14.5 Å². The molecule has 1 N–H and O–H groups in total. The van der Waals surface area contributed by atoms with E-state index in [0.29, 0.717) is 29.9 Å². The molecule has 2 aliphatic heterocycles. The minimum Gasteiger partial charge on any atom is -0.352 e. The Kier molecular flexibility index (Phi) is 7.48. The summed E-state index contributed by atoms with van der Waals surface area (Å²) in [5.74, 6) is 0.883. The molecule has 1 saturated carbocycles. The van der Waals surface area contributed by atoms with Crippen LogP contribution in [0, 0.1) is 5.41 Å². The molecule has 0 unspecified atom stereocenters. The number of aliphatic imine (C=N–C) groups is 1. The molecule has 1 aromatic rings. The van der Waals surface area contributed by atoms with Crippen LogP contribution in [0.5, 0.6) is 0 Å². The van der Waals surface area contributed by atoms with E-state index in [1.807, 2.05) is 25.2 Å². The van der Waals surface area contributed by atoms with E-state index >= 15 is 0 Å². The van der Waals surface area contributed by atoms with Crippen molar-refractivity contribution in [3.05, 3.63) is 29.8 Å². The molecule has 8 heteroatoms. The first-order valence-corrected chi connectivity index (χ1v) is 12.0. The third kappa shape index (κ3) is 4.74. The molecule has 6 nitrogen and oxygen atoms in total. The van der Waals surface area contributed by atoms with Gasteiger partial charge in [-0.25, -0.2) is 8.42 Å². The van der Waals surface area contributed by atoms with E-state index in [-0.39, 0.29) is 24.0 Å². The Hall–Kier alpha value is -0.870. The second-order valence-corrected chi connectivity index (χ2v) is 10.4. The number of nitrogens with zero attached hydrogens (tertiary/aromatic N) is 3. The van der Waals surface area contributed by atoms with Gasteiger partial charge >= 0.3 is 0 Å². The van der Waals surface area contributed by atoms with Crippen LogP contribution in [-0.4, -0.2) is 56.8 Å². The van der Waals surface area contributed by atoms with Gasteiger partial charge in [-0.1, -0.05) is 31.0 Å². The molecule has 0 aromatic heterocycles. The van der Waals surface area contributed by atoms with E-state index < -0.39 is 10.0 Å². The molecule has 4 rings (SSSR count). The van der Waals surface area contributed by atoms with Gasteiger partial charge in [0.15, 0.2) is 5.96 Å². The van der Waals surface area contributed by atoms with E-state index in [4.69, 9.17) is 0 Å². The Morgan fingerprint density at radius 2 is 1.79 bits per heavy atom. The molecule has 0 radical (unpaired) electrons. The number of rotatable bonds is 4. The first-order valence-electron chi connectivity index (χ1n) is 10.6. The SMILES string of the molecule is CN=C(NCc1ccccc1S(=O)(=O)N1CCCCC1)N1CCC2(CCC2)C1.I. The predicted molar refractivity (Wildman–Crippen MR) is 127 cm³/mol. The number of nitrogens with one attached hydrogen (secondary N) is 1. The van der Waals surface area contributed by atoms with Gasteiger partial charge in [0.1, 0.15) is 0 Å². The number of piperidine rings is 1. The summed E-state index contributed by atoms with van der Waals surface area (Å²) in [6.07, 6.45) is 8.26. The predicted octanol–water partition coefficient (Wildman–Crippen LogP) is 3.43. The average Bonchev–Trinajstić information content (AvgIpc) is 3.16. The maximum atomic E-state index is 13.2. The minimum atomic E-state index is -3.44. The van der Waals surface area contributed by atoms with Crippen LogP contribution in [0.2, 0.25) is 0 Å². The lowest BCUT2D eigenvalue weighted by atomic mass is 9.68. The molecule has 1 aromatic carbocycles. The van der Waals surface area contributed by atoms with Crippen LogP contribution >= 0.6 is 24.0 Å². The highest BCUT2D eigenvalue weighted by atomic mass is 127. The van der Waals surface area contributed by atoms with Crippen molar-refractivity contribution in [3.63, 3.8) is 0 Å². The lowest BCUT2D eigenvalue weighted by Gasteiger charge is -2.38. The Morgan fingerprint density at radius 3 is 2.41 bits per heavy atom. The van der Waals surface area contributed by atoms with Crippen molar-refractivity contribution in [2.45, 2.75) is 56.4 Å². The molecule has 1 aliphatic carbocycles. The van der Waals surface area contributed by atoms with Crippen LogP contribution in [0.1, 0.15) is 50.5 Å². The van der Waals surface area contributed by atoms with Crippen molar-refractivity contribution in [1.29, 1.82) is 0 Å². The normalized spacial score (nSPS) is 22.2. The maximum Gasteiger partial charge on any atom is 0.243 e. The second-order valence-electron chi connectivity index (χ2n) is 8.50. The van der Waals surface area contributed by atoms with Crippen molar-refractivity contribution < 1.29 is 8.42 Å². The average molecular weight is 532 g/mol. The van der Waals surface area contributed by atoms with E-state index in [0.717, 1.165) is 43.9 Å². The summed E-state index contributed by atoms with van der Waals surface area (Å²) in [6, 6.07) is 7.38. The van der Waals surface area contributed by atoms with Crippen LogP contribution in [-0.2, 0) is 16.6 Å². The second kappa shape index (κ2) is 9.51. The first-order chi connectivity index (χ1) is 13.5. The number of hydrogen-bond acceptors (Lipinski definition) is 3. The highest BCUT2D eigenvalue weighted by molar-refractivity contribution is 14.0. The van der Waals surface area contributed by atoms with Gasteiger partial charge in [-0.05, 0) is 49.1 Å². The van der Waals surface area contributed by atoms with Crippen molar-refractivity contribution in [2.24, 2.45) is 10.4 Å². The first kappa shape index (κ1) is 22.8. The van der Waals surface area contributed by atoms with Gasteiger partial charge in [-0.3, -0.25) is 4.99 Å². The third-order valence-electron chi connectivity index (χ3n) is 6.71. The summed E-state index contributed by atoms with van der Waals surface area (Å²) < 4.78 is 28.0. The minimum absolute atomic E-state index is 0. The lowest BCUT2D eigenvalue weighted by molar-refractivity contribution is 0.151. The number of likely N-dealkylation sites (tertiary alicyclic amines) is 1. The summed E-state index contributed by atoms with van der Waals surface area (Å²) in [5, 5.41) is 3.42. The highest BCUT2D eigenvalue weighted by Crippen LogP contribution is 2.47. The Balaban J connectivity index is 0.00000240. The summed E-state index contributed by atoms with van der Waals surface area (Å²) in [4.78, 5) is 7.22. The van der Waals surface area contributed by atoms with E-state index in [1.54, 1.807) is 10.4 Å². The summed E-state index contributed by atoms with van der Waals surface area (Å²) in [5.41, 5.74) is 1.32. The number of benzene rings is 1. The summed E-state index contributed by atoms with van der Waals surface area (Å²) >= 11 is 0. The zero-order valence-electron chi connectivity index (χ0n) is 17.3. The molecule has 0 atom stereocenters. The quantitative estimate of drug-likeness (QED) is 0.367. The van der Waals surface area contributed by atoms with Gasteiger partial charge in [0.05, 0.1) is 4.90 Å². The van der Waals surface area contributed by atoms with Crippen molar-refractivity contribution in [3.8, 4) is 0 Å². The fraction of sp³-hybridized carbons (Fsp3) is 0.667. The van der Waals surface area contributed by atoms with Gasteiger partial charge < -0.3 is 10.2 Å². The summed E-state index contributed by atoms with van der Waals surface area (Å²) in [7, 11) is -1.63. The molecule has 2 heterocycles. The van der Waals surface area contributed by atoms with Crippen LogP contribution in [0.4, 0.5) is 0 Å².